The number of nitriles is 1. The zero-order valence-corrected chi connectivity index (χ0v) is 11.9. The van der Waals surface area contributed by atoms with E-state index in [1.165, 1.54) is 0 Å². The van der Waals surface area contributed by atoms with Crippen LogP contribution in [0.3, 0.4) is 0 Å². The molecule has 0 unspecified atom stereocenters. The molecule has 1 aliphatic rings. The second-order valence-corrected chi connectivity index (χ2v) is 6.04. The van der Waals surface area contributed by atoms with Gasteiger partial charge in [0.05, 0.1) is 16.7 Å². The number of aliphatic hydroxyl groups is 1. The minimum atomic E-state index is -0.564. The summed E-state index contributed by atoms with van der Waals surface area (Å²) in [5.41, 5.74) is 2.16. The summed E-state index contributed by atoms with van der Waals surface area (Å²) in [7, 11) is 0. The van der Waals surface area contributed by atoms with Crippen molar-refractivity contribution in [2.45, 2.75) is 26.0 Å². The monoisotopic (exact) mass is 269 g/mol. The van der Waals surface area contributed by atoms with E-state index in [9.17, 15) is 10.4 Å². The fraction of sp³-hybridized carbons (Fsp3) is 0.438. The van der Waals surface area contributed by atoms with Crippen molar-refractivity contribution < 1.29 is 5.11 Å². The fourth-order valence-corrected chi connectivity index (χ4v) is 2.87. The molecule has 0 bridgehead atoms. The number of hydrogen-bond acceptors (Lipinski definition) is 3. The molecule has 4 nitrogen and oxygen atoms in total. The first kappa shape index (κ1) is 13.2. The maximum absolute atomic E-state index is 10.3. The third kappa shape index (κ3) is 2.00. The van der Waals surface area contributed by atoms with Crippen molar-refractivity contribution in [3.05, 3.63) is 41.7 Å². The molecule has 0 saturated carbocycles. The van der Waals surface area contributed by atoms with E-state index < -0.39 is 5.60 Å². The molecule has 4 heteroatoms. The van der Waals surface area contributed by atoms with Gasteiger partial charge in [0.15, 0.2) is 0 Å². The minimum absolute atomic E-state index is 0.266. The van der Waals surface area contributed by atoms with E-state index in [4.69, 9.17) is 0 Å². The summed E-state index contributed by atoms with van der Waals surface area (Å²) in [5, 5.41) is 19.7. The summed E-state index contributed by atoms with van der Waals surface area (Å²) in [4.78, 5) is 2.19. The topological polar surface area (TPSA) is 51.7 Å². The van der Waals surface area contributed by atoms with Gasteiger partial charge in [-0.05, 0) is 18.1 Å². The highest BCUT2D eigenvalue weighted by atomic mass is 16.3. The number of hydrogen-bond donors (Lipinski definition) is 1. The van der Waals surface area contributed by atoms with Crippen LogP contribution in [0.5, 0.6) is 0 Å². The third-order valence-electron chi connectivity index (χ3n) is 4.34. The Morgan fingerprint density at radius 2 is 2.15 bits per heavy atom. The van der Waals surface area contributed by atoms with Crippen LogP contribution < -0.4 is 0 Å². The number of aromatic nitrogens is 1. The smallest absolute Gasteiger partial charge is 0.102 e. The van der Waals surface area contributed by atoms with Crippen molar-refractivity contribution in [1.29, 1.82) is 5.26 Å². The first-order valence-electron chi connectivity index (χ1n) is 6.97. The van der Waals surface area contributed by atoms with Crippen molar-refractivity contribution in [3.8, 4) is 6.07 Å². The summed E-state index contributed by atoms with van der Waals surface area (Å²) in [5.74, 6) is 0.266. The molecule has 104 valence electrons. The molecule has 0 amide bonds. The largest absolute Gasteiger partial charge is 0.387 e. The van der Waals surface area contributed by atoms with E-state index in [0.29, 0.717) is 13.1 Å². The summed E-state index contributed by atoms with van der Waals surface area (Å²) < 4.78 is 1.99. The van der Waals surface area contributed by atoms with Crippen molar-refractivity contribution in [2.75, 3.05) is 13.1 Å². The van der Waals surface area contributed by atoms with Gasteiger partial charge in [-0.1, -0.05) is 19.9 Å². The van der Waals surface area contributed by atoms with E-state index in [-0.39, 0.29) is 5.92 Å². The van der Waals surface area contributed by atoms with E-state index >= 15 is 0 Å². The van der Waals surface area contributed by atoms with Gasteiger partial charge in [0.25, 0.3) is 0 Å². The van der Waals surface area contributed by atoms with Crippen molar-refractivity contribution in [3.63, 3.8) is 0 Å². The average Bonchev–Trinajstić information content (AvgIpc) is 2.73. The number of nitrogens with zero attached hydrogens (tertiary/aromatic N) is 3. The molecule has 0 radical (unpaired) electrons. The number of pyridine rings is 1. The molecule has 1 N–H and O–H groups in total. The van der Waals surface area contributed by atoms with Gasteiger partial charge in [0.2, 0.25) is 0 Å². The maximum atomic E-state index is 10.3. The van der Waals surface area contributed by atoms with Crippen LogP contribution in [0.4, 0.5) is 0 Å². The second-order valence-electron chi connectivity index (χ2n) is 6.04. The molecule has 3 rings (SSSR count). The third-order valence-corrected chi connectivity index (χ3v) is 4.34. The maximum Gasteiger partial charge on any atom is 0.102 e. The highest BCUT2D eigenvalue weighted by Crippen LogP contribution is 2.31. The van der Waals surface area contributed by atoms with Crippen LogP contribution in [0.15, 0.2) is 30.6 Å². The number of rotatable bonds is 3. The Bertz CT molecular complexity index is 675. The first-order valence-corrected chi connectivity index (χ1v) is 6.97. The lowest BCUT2D eigenvalue weighted by atomic mass is 9.83. The highest BCUT2D eigenvalue weighted by molar-refractivity contribution is 5.65. The van der Waals surface area contributed by atoms with Gasteiger partial charge in [-0.15, -0.1) is 0 Å². The predicted molar refractivity (Wildman–Crippen MR) is 77.2 cm³/mol. The zero-order valence-electron chi connectivity index (χ0n) is 11.9. The zero-order chi connectivity index (χ0) is 14.3. The van der Waals surface area contributed by atoms with Crippen molar-refractivity contribution in [2.24, 2.45) is 5.92 Å². The van der Waals surface area contributed by atoms with Crippen LogP contribution in [0.2, 0.25) is 0 Å². The summed E-state index contributed by atoms with van der Waals surface area (Å²) in [6, 6.07) is 8.17. The molecule has 0 aromatic carbocycles. The van der Waals surface area contributed by atoms with Crippen molar-refractivity contribution in [1.82, 2.24) is 9.30 Å². The lowest BCUT2D eigenvalue weighted by Gasteiger charge is -2.49. The van der Waals surface area contributed by atoms with E-state index in [2.05, 4.69) is 11.0 Å². The molecule has 20 heavy (non-hydrogen) atoms. The second kappa shape index (κ2) is 4.62. The molecule has 2 aromatic rings. The molecular weight excluding hydrogens is 250 g/mol. The summed E-state index contributed by atoms with van der Waals surface area (Å²) in [6.07, 6.45) is 3.97. The van der Waals surface area contributed by atoms with Crippen LogP contribution in [0.1, 0.15) is 25.0 Å². The van der Waals surface area contributed by atoms with Gasteiger partial charge in [0, 0.05) is 37.6 Å². The average molecular weight is 269 g/mol. The van der Waals surface area contributed by atoms with Crippen LogP contribution in [0.25, 0.3) is 5.52 Å². The predicted octanol–water partition coefficient (Wildman–Crippen LogP) is 2.01. The Hall–Kier alpha value is -1.83. The van der Waals surface area contributed by atoms with Crippen LogP contribution in [-0.2, 0) is 6.54 Å². The number of β-amino-alcohol motifs (C(OH)–C–C–N with tert-alkyl or cyclic N) is 1. The van der Waals surface area contributed by atoms with E-state index in [0.717, 1.165) is 23.2 Å². The summed E-state index contributed by atoms with van der Waals surface area (Å²) >= 11 is 0. The van der Waals surface area contributed by atoms with Crippen LogP contribution in [0, 0.1) is 17.2 Å². The van der Waals surface area contributed by atoms with E-state index in [1.54, 1.807) is 0 Å². The molecule has 1 fully saturated rings. The molecule has 1 saturated heterocycles. The number of fused-ring (bicyclic) bond motifs is 1. The Morgan fingerprint density at radius 3 is 2.80 bits per heavy atom. The van der Waals surface area contributed by atoms with Gasteiger partial charge >= 0.3 is 0 Å². The molecule has 0 aliphatic carbocycles. The van der Waals surface area contributed by atoms with Gasteiger partial charge in [0.1, 0.15) is 6.07 Å². The molecule has 2 aromatic heterocycles. The van der Waals surface area contributed by atoms with Gasteiger partial charge in [-0.25, -0.2) is 0 Å². The lowest BCUT2D eigenvalue weighted by Crippen LogP contribution is -2.63. The van der Waals surface area contributed by atoms with Crippen LogP contribution >= 0.6 is 0 Å². The molecule has 1 aliphatic heterocycles. The summed E-state index contributed by atoms with van der Waals surface area (Å²) in [6.45, 7) is 6.18. The minimum Gasteiger partial charge on any atom is -0.387 e. The Labute approximate surface area is 118 Å². The Kier molecular flexibility index (Phi) is 3.04. The SMILES string of the molecule is CC(C)C1(O)CN(Cc2cn3ccccc3c2C#N)C1. The number of likely N-dealkylation sites (tertiary alicyclic amines) is 1. The highest BCUT2D eigenvalue weighted by Gasteiger charge is 2.43. The molecule has 0 atom stereocenters. The Morgan fingerprint density at radius 1 is 1.40 bits per heavy atom. The quantitative estimate of drug-likeness (QED) is 0.927. The lowest BCUT2D eigenvalue weighted by molar-refractivity contribution is -0.130. The fourth-order valence-electron chi connectivity index (χ4n) is 2.87. The molecule has 3 heterocycles. The molecule has 0 spiro atoms. The van der Waals surface area contributed by atoms with Crippen molar-refractivity contribution >= 4 is 5.52 Å². The Balaban J connectivity index is 1.81. The molecular formula is C16H19N3O. The normalized spacial score (nSPS) is 18.1. The standard InChI is InChI=1S/C16H19N3O/c1-12(2)16(20)10-18(11-16)8-13-9-19-6-4-3-5-15(19)14(13)7-17/h3-6,9,12,20H,8,10-11H2,1-2H3. The van der Waals surface area contributed by atoms with Crippen LogP contribution in [-0.4, -0.2) is 33.1 Å². The van der Waals surface area contributed by atoms with E-state index in [1.807, 2.05) is 48.8 Å². The first-order chi connectivity index (χ1) is 9.53. The van der Waals surface area contributed by atoms with Gasteiger partial charge < -0.3 is 9.51 Å². The van der Waals surface area contributed by atoms with Gasteiger partial charge in [-0.3, -0.25) is 4.90 Å². The van der Waals surface area contributed by atoms with Gasteiger partial charge in [-0.2, -0.15) is 5.26 Å².